The van der Waals surface area contributed by atoms with E-state index in [9.17, 15) is 14.4 Å². The third-order valence-electron chi connectivity index (χ3n) is 3.94. The maximum atomic E-state index is 12.5. The van der Waals surface area contributed by atoms with Crippen LogP contribution in [0, 0.1) is 11.8 Å². The van der Waals surface area contributed by atoms with Crippen molar-refractivity contribution in [2.75, 3.05) is 11.9 Å². The summed E-state index contributed by atoms with van der Waals surface area (Å²) in [5.74, 6) is -1.14. The Hall–Kier alpha value is -1.16. The molecule has 1 amide bonds. The molecular weight excluding hydrogens is 418 g/mol. The molecule has 0 bridgehead atoms. The van der Waals surface area contributed by atoms with Crippen molar-refractivity contribution in [1.82, 2.24) is 0 Å². The van der Waals surface area contributed by atoms with Crippen molar-refractivity contribution < 1.29 is 23.9 Å². The Morgan fingerprint density at radius 1 is 1.07 bits per heavy atom. The smallest absolute Gasteiger partial charge is 0.338 e. The summed E-state index contributed by atoms with van der Waals surface area (Å²) in [5.41, 5.74) is 0.695. The summed E-state index contributed by atoms with van der Waals surface area (Å²) < 4.78 is 9.99. The second-order valence-electron chi connectivity index (χ2n) is 6.58. The molecule has 1 N–H and O–H groups in total. The molecule has 9 heteroatoms. The van der Waals surface area contributed by atoms with E-state index in [2.05, 4.69) is 5.32 Å². The minimum absolute atomic E-state index is 0. The molecule has 1 aliphatic rings. The van der Waals surface area contributed by atoms with E-state index in [0.717, 1.165) is 0 Å². The Kier molecular flexibility index (Phi) is 14.4. The van der Waals surface area contributed by atoms with Crippen molar-refractivity contribution in [3.63, 3.8) is 0 Å². The number of benzene rings is 1. The van der Waals surface area contributed by atoms with E-state index < -0.39 is 24.1 Å². The fourth-order valence-corrected chi connectivity index (χ4v) is 2.74. The molecule has 1 aliphatic heterocycles. The number of carbonyl (C=O) groups is 3. The highest BCUT2D eigenvalue weighted by Crippen LogP contribution is 2.28. The van der Waals surface area contributed by atoms with Crippen molar-refractivity contribution in [1.29, 1.82) is 0 Å². The SMILES string of the molecule is CCOC(=O)[C@H]1O[C@@H]1C(=O)C[C@@H](CC(C)C)C(=O)Nc1ccccc1.S.S.S. The van der Waals surface area contributed by atoms with Crippen LogP contribution >= 0.6 is 40.5 Å². The lowest BCUT2D eigenvalue weighted by atomic mass is 9.90. The molecule has 0 unspecified atom stereocenters. The summed E-state index contributed by atoms with van der Waals surface area (Å²) in [7, 11) is 0. The van der Waals surface area contributed by atoms with E-state index in [1.165, 1.54) is 0 Å². The molecule has 0 saturated carbocycles. The fourth-order valence-electron chi connectivity index (χ4n) is 2.74. The number of Topliss-reactive ketones (excluding diaryl/α,β-unsaturated/α-hetero) is 1. The molecule has 160 valence electrons. The molecule has 0 radical (unpaired) electrons. The molecule has 3 atom stereocenters. The maximum Gasteiger partial charge on any atom is 0.338 e. The predicted octanol–water partition coefficient (Wildman–Crippen LogP) is 2.92. The number of esters is 1. The first-order chi connectivity index (χ1) is 11.9. The van der Waals surface area contributed by atoms with Crippen LogP contribution in [0.5, 0.6) is 0 Å². The van der Waals surface area contributed by atoms with Crippen LogP contribution in [0.2, 0.25) is 0 Å². The first-order valence-corrected chi connectivity index (χ1v) is 8.63. The van der Waals surface area contributed by atoms with Crippen LogP contribution in [0.1, 0.15) is 33.6 Å². The van der Waals surface area contributed by atoms with Crippen molar-refractivity contribution in [3.8, 4) is 0 Å². The normalized spacial score (nSPS) is 17.9. The van der Waals surface area contributed by atoms with Crippen LogP contribution in [-0.4, -0.2) is 36.5 Å². The van der Waals surface area contributed by atoms with Gasteiger partial charge >= 0.3 is 5.97 Å². The largest absolute Gasteiger partial charge is 0.464 e. The van der Waals surface area contributed by atoms with Gasteiger partial charge in [0.05, 0.1) is 6.61 Å². The van der Waals surface area contributed by atoms with Gasteiger partial charge in [-0.3, -0.25) is 9.59 Å². The number of ketones is 1. The Morgan fingerprint density at radius 2 is 1.68 bits per heavy atom. The van der Waals surface area contributed by atoms with Gasteiger partial charge in [-0.25, -0.2) is 4.79 Å². The van der Waals surface area contributed by atoms with Gasteiger partial charge in [0.25, 0.3) is 0 Å². The first-order valence-electron chi connectivity index (χ1n) is 8.63. The number of anilines is 1. The van der Waals surface area contributed by atoms with Crippen molar-refractivity contribution in [2.24, 2.45) is 11.8 Å². The van der Waals surface area contributed by atoms with Gasteiger partial charge in [-0.1, -0.05) is 32.0 Å². The van der Waals surface area contributed by atoms with E-state index in [4.69, 9.17) is 9.47 Å². The number of para-hydroxylation sites is 1. The number of rotatable bonds is 9. The van der Waals surface area contributed by atoms with E-state index >= 15 is 0 Å². The first kappa shape index (κ1) is 29.0. The third kappa shape index (κ3) is 8.89. The molecule has 1 aromatic carbocycles. The van der Waals surface area contributed by atoms with E-state index in [-0.39, 0.29) is 71.1 Å². The monoisotopic (exact) mass is 449 g/mol. The predicted molar refractivity (Wildman–Crippen MR) is 124 cm³/mol. The highest BCUT2D eigenvalue weighted by molar-refractivity contribution is 7.59. The molecule has 2 rings (SSSR count). The van der Waals surface area contributed by atoms with Crippen LogP contribution in [0.25, 0.3) is 0 Å². The molecule has 6 nitrogen and oxygen atoms in total. The summed E-state index contributed by atoms with van der Waals surface area (Å²) in [6, 6.07) is 9.13. The number of ether oxygens (including phenoxy) is 2. The Balaban J connectivity index is 0. The second kappa shape index (κ2) is 13.9. The lowest BCUT2D eigenvalue weighted by Crippen LogP contribution is -2.29. The average Bonchev–Trinajstić information content (AvgIpc) is 3.36. The molecule has 1 fully saturated rings. The van der Waals surface area contributed by atoms with E-state index in [1.54, 1.807) is 19.1 Å². The minimum atomic E-state index is -0.815. The topological polar surface area (TPSA) is 85.0 Å². The number of amides is 1. The lowest BCUT2D eigenvalue weighted by Gasteiger charge is -2.18. The highest BCUT2D eigenvalue weighted by Gasteiger charge is 2.51. The van der Waals surface area contributed by atoms with Gasteiger partial charge in [0.2, 0.25) is 5.91 Å². The van der Waals surface area contributed by atoms with Gasteiger partial charge in [0.1, 0.15) is 0 Å². The maximum absolute atomic E-state index is 12.5. The van der Waals surface area contributed by atoms with Crippen LogP contribution in [0.15, 0.2) is 30.3 Å². The van der Waals surface area contributed by atoms with Gasteiger partial charge in [0.15, 0.2) is 18.0 Å². The highest BCUT2D eigenvalue weighted by atomic mass is 32.1. The summed E-state index contributed by atoms with van der Waals surface area (Å²) in [5, 5.41) is 2.84. The van der Waals surface area contributed by atoms with Crippen molar-refractivity contribution >= 4 is 63.8 Å². The molecule has 1 aromatic rings. The fraction of sp³-hybridized carbons (Fsp3) is 0.526. The van der Waals surface area contributed by atoms with Crippen LogP contribution < -0.4 is 5.32 Å². The number of epoxide rings is 1. The average molecular weight is 450 g/mol. The minimum Gasteiger partial charge on any atom is -0.464 e. The molecular formula is C19H31NO5S3. The summed E-state index contributed by atoms with van der Waals surface area (Å²) in [6.07, 6.45) is -0.957. The molecule has 0 aliphatic carbocycles. The quantitative estimate of drug-likeness (QED) is 0.463. The second-order valence-corrected chi connectivity index (χ2v) is 6.58. The number of carbonyl (C=O) groups excluding carboxylic acids is 3. The van der Waals surface area contributed by atoms with Gasteiger partial charge in [0, 0.05) is 18.0 Å². The Morgan fingerprint density at radius 3 is 2.21 bits per heavy atom. The number of hydrogen-bond acceptors (Lipinski definition) is 5. The van der Waals surface area contributed by atoms with E-state index in [1.807, 2.05) is 32.0 Å². The van der Waals surface area contributed by atoms with Crippen molar-refractivity contribution in [2.45, 2.75) is 45.8 Å². The molecule has 0 aromatic heterocycles. The summed E-state index contributed by atoms with van der Waals surface area (Å²) in [4.78, 5) is 36.5. The Labute approximate surface area is 187 Å². The van der Waals surface area contributed by atoms with Crippen LogP contribution in [0.4, 0.5) is 5.69 Å². The Bertz CT molecular complexity index is 627. The van der Waals surface area contributed by atoms with Gasteiger partial charge < -0.3 is 14.8 Å². The zero-order valence-electron chi connectivity index (χ0n) is 16.4. The number of hydrogen-bond donors (Lipinski definition) is 1. The third-order valence-corrected chi connectivity index (χ3v) is 3.94. The zero-order valence-corrected chi connectivity index (χ0v) is 19.4. The molecule has 1 heterocycles. The van der Waals surface area contributed by atoms with Gasteiger partial charge in [-0.15, -0.1) is 0 Å². The van der Waals surface area contributed by atoms with E-state index in [0.29, 0.717) is 12.1 Å². The van der Waals surface area contributed by atoms with Gasteiger partial charge in [-0.05, 0) is 31.4 Å². The molecule has 1 saturated heterocycles. The summed E-state index contributed by atoms with van der Waals surface area (Å²) >= 11 is 0. The standard InChI is InChI=1S/C19H25NO5.3H2S/c1-4-24-19(23)17-16(25-17)15(21)11-13(10-12(2)3)18(22)20-14-8-6-5-7-9-14;;;/h5-9,12-13,16-17H,4,10-11H2,1-3H3,(H,20,22);3*1H2/t13-,16-,17+;;;/m1.../s1. The number of nitrogens with one attached hydrogen (secondary N) is 1. The van der Waals surface area contributed by atoms with Crippen molar-refractivity contribution in [3.05, 3.63) is 30.3 Å². The molecule has 28 heavy (non-hydrogen) atoms. The van der Waals surface area contributed by atoms with Crippen LogP contribution in [-0.2, 0) is 23.9 Å². The molecule has 0 spiro atoms. The zero-order chi connectivity index (χ0) is 18.4. The lowest BCUT2D eigenvalue weighted by molar-refractivity contribution is -0.144. The van der Waals surface area contributed by atoms with Gasteiger partial charge in [-0.2, -0.15) is 40.5 Å². The van der Waals surface area contributed by atoms with Crippen LogP contribution in [0.3, 0.4) is 0 Å². The summed E-state index contributed by atoms with van der Waals surface area (Å²) in [6.45, 7) is 5.95.